The molecule has 0 radical (unpaired) electrons. The summed E-state index contributed by atoms with van der Waals surface area (Å²) in [6, 6.07) is 8.28. The van der Waals surface area contributed by atoms with Crippen LogP contribution in [-0.4, -0.2) is 14.9 Å². The fraction of sp³-hybridized carbons (Fsp3) is 0.438. The van der Waals surface area contributed by atoms with Gasteiger partial charge in [0.15, 0.2) is 0 Å². The minimum Gasteiger partial charge on any atom is -0.492 e. The Hall–Kier alpha value is -1.77. The van der Waals surface area contributed by atoms with Crippen molar-refractivity contribution in [2.75, 3.05) is 0 Å². The lowest BCUT2D eigenvalue weighted by Gasteiger charge is -2.10. The highest BCUT2D eigenvalue weighted by molar-refractivity contribution is 5.69. The Kier molecular flexibility index (Phi) is 4.25. The van der Waals surface area contributed by atoms with E-state index < -0.39 is 0 Å². The lowest BCUT2D eigenvalue weighted by atomic mass is 9.99. The Labute approximate surface area is 114 Å². The number of rotatable bonds is 5. The molecule has 1 N–H and O–H groups in total. The van der Waals surface area contributed by atoms with Crippen molar-refractivity contribution in [3.8, 4) is 17.1 Å². The molecule has 0 saturated carbocycles. The fourth-order valence-corrected chi connectivity index (χ4v) is 2.44. The molecule has 0 saturated heterocycles. The summed E-state index contributed by atoms with van der Waals surface area (Å²) in [6.45, 7) is 7.08. The van der Waals surface area contributed by atoms with Gasteiger partial charge >= 0.3 is 0 Å². The molecule has 2 aromatic rings. The van der Waals surface area contributed by atoms with Crippen molar-refractivity contribution >= 4 is 0 Å². The predicted molar refractivity (Wildman–Crippen MR) is 78.4 cm³/mol. The van der Waals surface area contributed by atoms with Crippen molar-refractivity contribution in [1.82, 2.24) is 9.78 Å². The maximum atomic E-state index is 10.1. The molecule has 0 amide bonds. The summed E-state index contributed by atoms with van der Waals surface area (Å²) < 4.78 is 1.91. The third kappa shape index (κ3) is 2.65. The molecule has 102 valence electrons. The summed E-state index contributed by atoms with van der Waals surface area (Å²) in [5.41, 5.74) is 4.45. The zero-order valence-electron chi connectivity index (χ0n) is 12.0. The maximum absolute atomic E-state index is 10.1. The first kappa shape index (κ1) is 13.7. The Morgan fingerprint density at radius 1 is 1.21 bits per heavy atom. The third-order valence-corrected chi connectivity index (χ3v) is 3.51. The average molecular weight is 258 g/mol. The molecular weight excluding hydrogens is 236 g/mol. The van der Waals surface area contributed by atoms with Crippen LogP contribution in [0.25, 0.3) is 11.3 Å². The van der Waals surface area contributed by atoms with E-state index in [2.05, 4.69) is 38.0 Å². The van der Waals surface area contributed by atoms with Gasteiger partial charge < -0.3 is 5.11 Å². The van der Waals surface area contributed by atoms with E-state index in [1.54, 1.807) is 0 Å². The molecule has 0 aliphatic carbocycles. The number of nitrogens with zero attached hydrogens (tertiary/aromatic N) is 2. The largest absolute Gasteiger partial charge is 0.492 e. The monoisotopic (exact) mass is 258 g/mol. The molecule has 0 aliphatic rings. The molecule has 1 aromatic heterocycles. The van der Waals surface area contributed by atoms with Gasteiger partial charge in [0.25, 0.3) is 0 Å². The summed E-state index contributed by atoms with van der Waals surface area (Å²) in [5, 5.41) is 14.4. The van der Waals surface area contributed by atoms with Gasteiger partial charge in [-0.25, -0.2) is 0 Å². The Morgan fingerprint density at radius 3 is 2.58 bits per heavy atom. The van der Waals surface area contributed by atoms with E-state index >= 15 is 0 Å². The molecule has 2 rings (SSSR count). The molecule has 1 heterocycles. The van der Waals surface area contributed by atoms with E-state index in [-0.39, 0.29) is 5.88 Å². The number of aromatic nitrogens is 2. The lowest BCUT2D eigenvalue weighted by molar-refractivity contribution is 0.434. The van der Waals surface area contributed by atoms with Crippen LogP contribution in [0, 0.1) is 6.92 Å². The number of aromatic hydroxyl groups is 1. The first-order valence-electron chi connectivity index (χ1n) is 7.03. The molecule has 1 aromatic carbocycles. The first-order chi connectivity index (χ1) is 9.19. The highest BCUT2D eigenvalue weighted by atomic mass is 16.3. The minimum atomic E-state index is 0.188. The highest BCUT2D eigenvalue weighted by Crippen LogP contribution is 2.33. The molecule has 0 atom stereocenters. The van der Waals surface area contributed by atoms with Crippen molar-refractivity contribution in [2.24, 2.45) is 0 Å². The Bertz CT molecular complexity index is 558. The number of unbranched alkanes of at least 4 members (excludes halogenated alkanes) is 1. The Morgan fingerprint density at radius 2 is 1.95 bits per heavy atom. The second kappa shape index (κ2) is 5.91. The van der Waals surface area contributed by atoms with Crippen LogP contribution in [-0.2, 0) is 13.0 Å². The van der Waals surface area contributed by atoms with Crippen molar-refractivity contribution in [3.05, 3.63) is 35.4 Å². The highest BCUT2D eigenvalue weighted by Gasteiger charge is 2.18. The second-order valence-electron chi connectivity index (χ2n) is 4.89. The number of aryl methyl sites for hydroxylation is 2. The van der Waals surface area contributed by atoms with Crippen LogP contribution in [0.5, 0.6) is 5.88 Å². The second-order valence-corrected chi connectivity index (χ2v) is 4.89. The van der Waals surface area contributed by atoms with Crippen molar-refractivity contribution in [1.29, 1.82) is 0 Å². The minimum absolute atomic E-state index is 0.188. The zero-order chi connectivity index (χ0) is 13.8. The van der Waals surface area contributed by atoms with Gasteiger partial charge in [-0.2, -0.15) is 0 Å². The topological polar surface area (TPSA) is 38.1 Å². The van der Waals surface area contributed by atoms with Gasteiger partial charge in [-0.1, -0.05) is 37.6 Å². The molecule has 3 heteroatoms. The molecule has 19 heavy (non-hydrogen) atoms. The van der Waals surface area contributed by atoms with E-state index in [9.17, 15) is 5.11 Å². The van der Waals surface area contributed by atoms with Gasteiger partial charge in [0.1, 0.15) is 0 Å². The summed E-state index contributed by atoms with van der Waals surface area (Å²) in [6.07, 6.45) is 3.07. The summed E-state index contributed by atoms with van der Waals surface area (Å²) in [5.74, 6) is 0.188. The average Bonchev–Trinajstić information content (AvgIpc) is 2.73. The van der Waals surface area contributed by atoms with E-state index in [1.165, 1.54) is 11.1 Å². The molecule has 0 fully saturated rings. The van der Waals surface area contributed by atoms with Crippen molar-refractivity contribution in [3.63, 3.8) is 0 Å². The van der Waals surface area contributed by atoms with Gasteiger partial charge in [-0.05, 0) is 32.3 Å². The lowest BCUT2D eigenvalue weighted by Crippen LogP contribution is -2.01. The van der Waals surface area contributed by atoms with Crippen LogP contribution in [0.4, 0.5) is 0 Å². The smallest absolute Gasteiger partial charge is 0.234 e. The van der Waals surface area contributed by atoms with Crippen LogP contribution in [0.15, 0.2) is 24.3 Å². The quantitative estimate of drug-likeness (QED) is 0.882. The summed E-state index contributed by atoms with van der Waals surface area (Å²) >= 11 is 0. The zero-order valence-corrected chi connectivity index (χ0v) is 12.0. The van der Waals surface area contributed by atoms with E-state index in [4.69, 9.17) is 0 Å². The molecule has 0 aliphatic heterocycles. The van der Waals surface area contributed by atoms with Gasteiger partial charge in [-0.15, -0.1) is 5.10 Å². The molecule has 0 unspecified atom stereocenters. The normalized spacial score (nSPS) is 10.9. The van der Waals surface area contributed by atoms with Crippen LogP contribution < -0.4 is 0 Å². The fourth-order valence-electron chi connectivity index (χ4n) is 2.44. The van der Waals surface area contributed by atoms with Crippen LogP contribution in [0.1, 0.15) is 37.8 Å². The Balaban J connectivity index is 2.56. The molecule has 0 spiro atoms. The van der Waals surface area contributed by atoms with E-state index in [1.807, 2.05) is 16.8 Å². The van der Waals surface area contributed by atoms with Gasteiger partial charge in [0, 0.05) is 17.7 Å². The molecule has 3 nitrogen and oxygen atoms in total. The van der Waals surface area contributed by atoms with Gasteiger partial charge in [0.05, 0.1) is 5.69 Å². The van der Waals surface area contributed by atoms with Gasteiger partial charge in [0.2, 0.25) is 5.88 Å². The number of benzene rings is 1. The molecule has 0 bridgehead atoms. The van der Waals surface area contributed by atoms with E-state index in [0.29, 0.717) is 0 Å². The third-order valence-electron chi connectivity index (χ3n) is 3.51. The van der Waals surface area contributed by atoms with Crippen molar-refractivity contribution < 1.29 is 5.11 Å². The maximum Gasteiger partial charge on any atom is 0.234 e. The standard InChI is InChI=1S/C16H22N2O/c1-4-6-10-14-15(18(5-2)17-16(14)19)13-11-8-7-9-12(13)3/h7-9,11H,4-6,10H2,1-3H3,(H,17,19). The summed E-state index contributed by atoms with van der Waals surface area (Å²) in [4.78, 5) is 0. The van der Waals surface area contributed by atoms with Crippen molar-refractivity contribution in [2.45, 2.75) is 46.6 Å². The van der Waals surface area contributed by atoms with E-state index in [0.717, 1.165) is 37.1 Å². The first-order valence-corrected chi connectivity index (χ1v) is 7.03. The number of hydrogen-bond acceptors (Lipinski definition) is 2. The number of hydrogen-bond donors (Lipinski definition) is 1. The van der Waals surface area contributed by atoms with Crippen LogP contribution in [0.2, 0.25) is 0 Å². The van der Waals surface area contributed by atoms with Crippen LogP contribution >= 0.6 is 0 Å². The SMILES string of the molecule is CCCCc1c(O)nn(CC)c1-c1ccccc1C. The van der Waals surface area contributed by atoms with Crippen LogP contribution in [0.3, 0.4) is 0 Å². The predicted octanol–water partition coefficient (Wildman–Crippen LogP) is 3.93. The summed E-state index contributed by atoms with van der Waals surface area (Å²) in [7, 11) is 0. The van der Waals surface area contributed by atoms with Gasteiger partial charge in [-0.3, -0.25) is 4.68 Å². The molecular formula is C16H22N2O.